The van der Waals surface area contributed by atoms with Crippen molar-refractivity contribution in [2.75, 3.05) is 13.2 Å². The number of rotatable bonds is 4. The van der Waals surface area contributed by atoms with Crippen molar-refractivity contribution in [1.29, 1.82) is 0 Å². The summed E-state index contributed by atoms with van der Waals surface area (Å²) >= 11 is 0. The molecule has 0 aliphatic carbocycles. The number of hydrogen-bond acceptors (Lipinski definition) is 2. The van der Waals surface area contributed by atoms with Crippen molar-refractivity contribution in [3.8, 4) is 0 Å². The van der Waals surface area contributed by atoms with Crippen molar-refractivity contribution in [3.63, 3.8) is 0 Å². The zero-order chi connectivity index (χ0) is 7.98. The van der Waals surface area contributed by atoms with Gasteiger partial charge in [0.05, 0.1) is 19.0 Å². The van der Waals surface area contributed by atoms with E-state index in [1.165, 1.54) is 0 Å². The van der Waals surface area contributed by atoms with Crippen LogP contribution in [0.2, 0.25) is 0 Å². The van der Waals surface area contributed by atoms with Gasteiger partial charge in [-0.1, -0.05) is 0 Å². The number of ether oxygens (including phenoxy) is 1. The van der Waals surface area contributed by atoms with Gasteiger partial charge >= 0.3 is 0 Å². The predicted octanol–water partition coefficient (Wildman–Crippen LogP) is 1.22. The van der Waals surface area contributed by atoms with Gasteiger partial charge in [0.15, 0.2) is 0 Å². The average Bonchev–Trinajstić information content (AvgIpc) is 1.90. The molecule has 0 atom stereocenters. The van der Waals surface area contributed by atoms with Gasteiger partial charge in [-0.05, 0) is 19.4 Å². The fourth-order valence-corrected chi connectivity index (χ4v) is 0.409. The van der Waals surface area contributed by atoms with Gasteiger partial charge in [-0.25, -0.2) is 4.39 Å². The van der Waals surface area contributed by atoms with Gasteiger partial charge in [0.2, 0.25) is 0 Å². The largest absolute Gasteiger partial charge is 0.374 e. The lowest BCUT2D eigenvalue weighted by Crippen LogP contribution is -2.12. The molecule has 0 aromatic heterocycles. The highest BCUT2D eigenvalue weighted by Crippen LogP contribution is 1.96. The smallest absolute Gasteiger partial charge is 0.0894 e. The summed E-state index contributed by atoms with van der Waals surface area (Å²) in [6, 6.07) is 0. The van der Waals surface area contributed by atoms with E-state index in [1.807, 2.05) is 13.8 Å². The monoisotopic (exact) mass is 147 g/mol. The van der Waals surface area contributed by atoms with Crippen LogP contribution in [0.25, 0.3) is 0 Å². The van der Waals surface area contributed by atoms with Crippen molar-refractivity contribution < 1.29 is 9.13 Å². The zero-order valence-electron chi connectivity index (χ0n) is 6.43. The maximum atomic E-state index is 11.8. The first-order valence-electron chi connectivity index (χ1n) is 3.30. The number of halogens is 1. The Labute approximate surface area is 60.9 Å². The van der Waals surface area contributed by atoms with Crippen LogP contribution in [0.1, 0.15) is 13.8 Å². The van der Waals surface area contributed by atoms with E-state index in [0.717, 1.165) is 0 Å². The van der Waals surface area contributed by atoms with Gasteiger partial charge < -0.3 is 10.5 Å². The van der Waals surface area contributed by atoms with Crippen LogP contribution < -0.4 is 5.73 Å². The standard InChI is InChI=1S/C7H14FNO/c1-6(2)10-5-7(3-8)4-9/h3,6H,4-5,9H2,1-2H3. The molecule has 0 unspecified atom stereocenters. The minimum absolute atomic E-state index is 0.126. The van der Waals surface area contributed by atoms with Crippen molar-refractivity contribution in [2.45, 2.75) is 20.0 Å². The molecule has 0 saturated heterocycles. The molecule has 10 heavy (non-hydrogen) atoms. The molecule has 0 fully saturated rings. The molecule has 3 heteroatoms. The minimum atomic E-state index is 0.126. The summed E-state index contributed by atoms with van der Waals surface area (Å²) in [5, 5.41) is 0. The van der Waals surface area contributed by atoms with Gasteiger partial charge in [-0.2, -0.15) is 0 Å². The van der Waals surface area contributed by atoms with E-state index in [0.29, 0.717) is 18.5 Å². The molecular formula is C7H14FNO. The highest BCUT2D eigenvalue weighted by Gasteiger charge is 1.96. The van der Waals surface area contributed by atoms with Crippen LogP contribution in [-0.4, -0.2) is 19.3 Å². The third-order valence-corrected chi connectivity index (χ3v) is 1.02. The Kier molecular flexibility index (Phi) is 5.16. The first kappa shape index (κ1) is 9.59. The predicted molar refractivity (Wildman–Crippen MR) is 39.3 cm³/mol. The highest BCUT2D eigenvalue weighted by atomic mass is 19.1. The molecule has 2 N–H and O–H groups in total. The van der Waals surface area contributed by atoms with Gasteiger partial charge in [0.1, 0.15) is 0 Å². The Morgan fingerprint density at radius 2 is 2.30 bits per heavy atom. The SMILES string of the molecule is CC(C)OCC(=CF)CN. The fourth-order valence-electron chi connectivity index (χ4n) is 0.409. The van der Waals surface area contributed by atoms with Crippen LogP contribution in [-0.2, 0) is 4.74 Å². The minimum Gasteiger partial charge on any atom is -0.374 e. The second kappa shape index (κ2) is 5.38. The van der Waals surface area contributed by atoms with Crippen molar-refractivity contribution >= 4 is 0 Å². The third kappa shape index (κ3) is 4.47. The molecule has 0 aromatic carbocycles. The second-order valence-corrected chi connectivity index (χ2v) is 2.33. The van der Waals surface area contributed by atoms with Crippen molar-refractivity contribution in [2.24, 2.45) is 5.73 Å². The van der Waals surface area contributed by atoms with Gasteiger partial charge in [0.25, 0.3) is 0 Å². The molecule has 2 nitrogen and oxygen atoms in total. The zero-order valence-corrected chi connectivity index (χ0v) is 6.43. The van der Waals surface area contributed by atoms with Gasteiger partial charge in [-0.15, -0.1) is 0 Å². The molecule has 0 spiro atoms. The van der Waals surface area contributed by atoms with Gasteiger partial charge in [-0.3, -0.25) is 0 Å². The quantitative estimate of drug-likeness (QED) is 0.649. The molecule has 0 amide bonds. The average molecular weight is 147 g/mol. The lowest BCUT2D eigenvalue weighted by Gasteiger charge is -2.07. The van der Waals surface area contributed by atoms with Crippen molar-refractivity contribution in [1.82, 2.24) is 0 Å². The number of hydrogen-bond donors (Lipinski definition) is 1. The maximum Gasteiger partial charge on any atom is 0.0894 e. The van der Waals surface area contributed by atoms with E-state index in [-0.39, 0.29) is 12.6 Å². The first-order valence-corrected chi connectivity index (χ1v) is 3.30. The van der Waals surface area contributed by atoms with Crippen LogP contribution in [0.4, 0.5) is 4.39 Å². The molecule has 0 saturated carbocycles. The molecule has 0 heterocycles. The lowest BCUT2D eigenvalue weighted by molar-refractivity contribution is 0.0961. The summed E-state index contributed by atoms with van der Waals surface area (Å²) in [5.74, 6) is 0. The Balaban J connectivity index is 3.46. The Morgan fingerprint density at radius 1 is 1.70 bits per heavy atom. The Hall–Kier alpha value is -0.410. The van der Waals surface area contributed by atoms with E-state index < -0.39 is 0 Å². The van der Waals surface area contributed by atoms with Crippen molar-refractivity contribution in [3.05, 3.63) is 11.9 Å². The summed E-state index contributed by atoms with van der Waals surface area (Å²) < 4.78 is 16.9. The molecule has 0 aliphatic heterocycles. The van der Waals surface area contributed by atoms with Crippen LogP contribution in [0.5, 0.6) is 0 Å². The molecule has 0 aliphatic rings. The fraction of sp³-hybridized carbons (Fsp3) is 0.714. The third-order valence-electron chi connectivity index (χ3n) is 1.02. The van der Waals surface area contributed by atoms with Crippen LogP contribution in [0.3, 0.4) is 0 Å². The van der Waals surface area contributed by atoms with E-state index in [9.17, 15) is 4.39 Å². The summed E-state index contributed by atoms with van der Waals surface area (Å²) in [6.07, 6.45) is 0.629. The molecular weight excluding hydrogens is 133 g/mol. The topological polar surface area (TPSA) is 35.2 Å². The summed E-state index contributed by atoms with van der Waals surface area (Å²) in [4.78, 5) is 0. The molecule has 60 valence electrons. The second-order valence-electron chi connectivity index (χ2n) is 2.33. The molecule has 0 rings (SSSR count). The maximum absolute atomic E-state index is 11.8. The molecule has 0 radical (unpaired) electrons. The van der Waals surface area contributed by atoms with E-state index in [1.54, 1.807) is 0 Å². The van der Waals surface area contributed by atoms with Gasteiger partial charge in [0, 0.05) is 6.54 Å². The lowest BCUT2D eigenvalue weighted by atomic mass is 10.3. The summed E-state index contributed by atoms with van der Waals surface area (Å²) in [5.41, 5.74) is 5.68. The molecule has 0 bridgehead atoms. The van der Waals surface area contributed by atoms with E-state index in [2.05, 4.69) is 0 Å². The first-order chi connectivity index (χ1) is 4.70. The Bertz CT molecular complexity index is 112. The van der Waals surface area contributed by atoms with E-state index in [4.69, 9.17) is 10.5 Å². The van der Waals surface area contributed by atoms with Crippen LogP contribution in [0, 0.1) is 0 Å². The Morgan fingerprint density at radius 3 is 2.60 bits per heavy atom. The molecule has 0 aromatic rings. The summed E-state index contributed by atoms with van der Waals surface area (Å²) in [6.45, 7) is 4.31. The summed E-state index contributed by atoms with van der Waals surface area (Å²) in [7, 11) is 0. The highest BCUT2D eigenvalue weighted by molar-refractivity contribution is 4.99. The number of nitrogens with two attached hydrogens (primary N) is 1. The van der Waals surface area contributed by atoms with Crippen LogP contribution in [0.15, 0.2) is 11.9 Å². The van der Waals surface area contributed by atoms with E-state index >= 15 is 0 Å². The van der Waals surface area contributed by atoms with Crippen LogP contribution >= 0.6 is 0 Å². The normalized spacial score (nSPS) is 12.7.